The zero-order chi connectivity index (χ0) is 21.5. The summed E-state index contributed by atoms with van der Waals surface area (Å²) in [6, 6.07) is 5.22. The Hall–Kier alpha value is -2.30. The Balaban J connectivity index is 1.87. The number of aryl methyl sites for hydroxylation is 1. The molecule has 0 saturated carbocycles. The molecule has 2 atom stereocenters. The molecular formula is C20H24N4O4S2. The maximum Gasteiger partial charge on any atom is 0.252 e. The first-order valence-electron chi connectivity index (χ1n) is 9.73. The zero-order valence-corrected chi connectivity index (χ0v) is 18.7. The number of amides is 1. The van der Waals surface area contributed by atoms with E-state index in [0.29, 0.717) is 41.0 Å². The molecule has 1 fully saturated rings. The Morgan fingerprint density at radius 3 is 2.90 bits per heavy atom. The first-order valence-corrected chi connectivity index (χ1v) is 12.4. The summed E-state index contributed by atoms with van der Waals surface area (Å²) in [5.74, 6) is -0.0445. The maximum absolute atomic E-state index is 13.1. The number of thiophene rings is 1. The van der Waals surface area contributed by atoms with Crippen molar-refractivity contribution in [1.29, 1.82) is 0 Å². The lowest BCUT2D eigenvalue weighted by Crippen LogP contribution is -2.35. The highest BCUT2D eigenvalue weighted by atomic mass is 32.2. The number of carbonyl (C=O) groups is 1. The number of hydrogen-bond acceptors (Lipinski definition) is 7. The molecule has 0 unspecified atom stereocenters. The van der Waals surface area contributed by atoms with E-state index in [1.165, 1.54) is 11.3 Å². The van der Waals surface area contributed by atoms with Crippen LogP contribution < -0.4 is 5.32 Å². The molecule has 160 valence electrons. The van der Waals surface area contributed by atoms with Gasteiger partial charge in [0.15, 0.2) is 15.5 Å². The number of aromatic nitrogens is 3. The third-order valence-electron chi connectivity index (χ3n) is 5.20. The van der Waals surface area contributed by atoms with Gasteiger partial charge in [0.25, 0.3) is 5.91 Å². The number of rotatable bonds is 6. The molecule has 0 aliphatic carbocycles. The molecule has 30 heavy (non-hydrogen) atoms. The van der Waals surface area contributed by atoms with Crippen LogP contribution in [0.15, 0.2) is 23.6 Å². The Bertz CT molecular complexity index is 1190. The van der Waals surface area contributed by atoms with Crippen LogP contribution >= 0.6 is 11.3 Å². The minimum Gasteiger partial charge on any atom is -0.383 e. The van der Waals surface area contributed by atoms with Crippen molar-refractivity contribution < 1.29 is 17.9 Å². The largest absolute Gasteiger partial charge is 0.383 e. The summed E-state index contributed by atoms with van der Waals surface area (Å²) < 4.78 is 30.9. The van der Waals surface area contributed by atoms with Gasteiger partial charge in [0, 0.05) is 13.2 Å². The fourth-order valence-corrected chi connectivity index (χ4v) is 6.24. The molecule has 1 N–H and O–H groups in total. The molecule has 1 saturated heterocycles. The van der Waals surface area contributed by atoms with Gasteiger partial charge in [-0.05, 0) is 37.8 Å². The number of methoxy groups -OCH3 is 1. The highest BCUT2D eigenvalue weighted by Gasteiger charge is 2.32. The lowest BCUT2D eigenvalue weighted by molar-refractivity contribution is 0.0907. The zero-order valence-electron chi connectivity index (χ0n) is 17.1. The van der Waals surface area contributed by atoms with Gasteiger partial charge in [0.2, 0.25) is 0 Å². The van der Waals surface area contributed by atoms with Crippen molar-refractivity contribution in [2.24, 2.45) is 0 Å². The summed E-state index contributed by atoms with van der Waals surface area (Å²) in [6.07, 6.45) is 0.496. The van der Waals surface area contributed by atoms with Gasteiger partial charge < -0.3 is 10.1 Å². The molecule has 1 aliphatic rings. The lowest BCUT2D eigenvalue weighted by atomic mass is 10.1. The predicted octanol–water partition coefficient (Wildman–Crippen LogP) is 2.59. The maximum atomic E-state index is 13.1. The van der Waals surface area contributed by atoms with Gasteiger partial charge in [-0.25, -0.2) is 18.1 Å². The molecule has 10 heteroatoms. The quantitative estimate of drug-likeness (QED) is 0.622. The molecule has 0 spiro atoms. The van der Waals surface area contributed by atoms with Crippen molar-refractivity contribution in [3.63, 3.8) is 0 Å². The summed E-state index contributed by atoms with van der Waals surface area (Å²) in [5, 5.41) is 10.2. The molecule has 3 aromatic rings. The molecular weight excluding hydrogens is 424 g/mol. The third-order valence-corrected chi connectivity index (χ3v) is 7.85. The Labute approximate surface area is 179 Å². The SMILES string of the molecule is COC[C@H](C)NC(=O)c1cc(-c2cccs2)nc2c1c(C)nn2[C@H]1CCS(=O)(=O)C1. The van der Waals surface area contributed by atoms with Gasteiger partial charge in [-0.15, -0.1) is 11.3 Å². The molecule has 3 aromatic heterocycles. The van der Waals surface area contributed by atoms with Crippen LogP contribution in [0.25, 0.3) is 21.6 Å². The number of ether oxygens (including phenoxy) is 1. The molecule has 4 heterocycles. The number of hydrogen-bond donors (Lipinski definition) is 1. The van der Waals surface area contributed by atoms with Crippen molar-refractivity contribution in [3.05, 3.63) is 34.8 Å². The van der Waals surface area contributed by atoms with E-state index in [-0.39, 0.29) is 29.5 Å². The van der Waals surface area contributed by atoms with Gasteiger partial charge in [0.1, 0.15) is 0 Å². The fourth-order valence-electron chi connectivity index (χ4n) is 3.86. The van der Waals surface area contributed by atoms with Crippen LogP contribution in [0.5, 0.6) is 0 Å². The van der Waals surface area contributed by atoms with E-state index in [2.05, 4.69) is 10.4 Å². The molecule has 8 nitrogen and oxygen atoms in total. The Kier molecular flexibility index (Phi) is 5.65. The summed E-state index contributed by atoms with van der Waals surface area (Å²) in [4.78, 5) is 18.9. The molecule has 4 rings (SSSR count). The summed E-state index contributed by atoms with van der Waals surface area (Å²) in [5.41, 5.74) is 2.36. The minimum absolute atomic E-state index is 0.0422. The van der Waals surface area contributed by atoms with Gasteiger partial charge >= 0.3 is 0 Å². The van der Waals surface area contributed by atoms with Crippen LogP contribution in [0, 0.1) is 6.92 Å². The monoisotopic (exact) mass is 448 g/mol. The van der Waals surface area contributed by atoms with Crippen LogP contribution in [-0.4, -0.2) is 60.4 Å². The standard InChI is InChI=1S/C20H24N4O4S2/c1-12(10-28-3)21-20(25)15-9-16(17-5-4-7-29-17)22-19-18(15)13(2)23-24(19)14-6-8-30(26,27)11-14/h4-5,7,9,12,14H,6,8,10-11H2,1-3H3,(H,21,25)/t12-,14-/m0/s1. The van der Waals surface area contributed by atoms with Gasteiger partial charge in [-0.2, -0.15) is 5.10 Å². The van der Waals surface area contributed by atoms with Crippen molar-refractivity contribution in [3.8, 4) is 10.6 Å². The van der Waals surface area contributed by atoms with Crippen molar-refractivity contribution in [2.75, 3.05) is 25.2 Å². The highest BCUT2D eigenvalue weighted by molar-refractivity contribution is 7.91. The number of nitrogens with one attached hydrogen (secondary N) is 1. The van der Waals surface area contributed by atoms with Crippen molar-refractivity contribution in [2.45, 2.75) is 32.4 Å². The van der Waals surface area contributed by atoms with Crippen molar-refractivity contribution >= 4 is 38.1 Å². The number of carbonyl (C=O) groups excluding carboxylic acids is 1. The van der Waals surface area contributed by atoms with Gasteiger partial charge in [-0.1, -0.05) is 6.07 Å². The first-order chi connectivity index (χ1) is 14.3. The van der Waals surface area contributed by atoms with Gasteiger partial charge in [-0.3, -0.25) is 4.79 Å². The third kappa shape index (κ3) is 3.99. The fraction of sp³-hybridized carbons (Fsp3) is 0.450. The average molecular weight is 449 g/mol. The summed E-state index contributed by atoms with van der Waals surface area (Å²) in [6.45, 7) is 4.10. The first kappa shape index (κ1) is 21.0. The summed E-state index contributed by atoms with van der Waals surface area (Å²) >= 11 is 1.53. The van der Waals surface area contributed by atoms with E-state index in [4.69, 9.17) is 9.72 Å². The lowest BCUT2D eigenvalue weighted by Gasteiger charge is -2.15. The van der Waals surface area contributed by atoms with Crippen LogP contribution in [0.2, 0.25) is 0 Å². The normalized spacial score (nSPS) is 19.2. The van der Waals surface area contributed by atoms with Gasteiger partial charge in [0.05, 0.1) is 51.4 Å². The molecule has 0 radical (unpaired) electrons. The second-order valence-electron chi connectivity index (χ2n) is 7.65. The van der Waals surface area contributed by atoms with Crippen molar-refractivity contribution in [1.82, 2.24) is 20.1 Å². The highest BCUT2D eigenvalue weighted by Crippen LogP contribution is 2.33. The molecule has 1 amide bonds. The van der Waals surface area contributed by atoms with E-state index in [1.807, 2.05) is 31.4 Å². The summed E-state index contributed by atoms with van der Waals surface area (Å²) in [7, 11) is -1.50. The second kappa shape index (κ2) is 8.09. The van der Waals surface area contributed by atoms with E-state index < -0.39 is 9.84 Å². The van der Waals surface area contributed by atoms with E-state index in [1.54, 1.807) is 17.9 Å². The van der Waals surface area contributed by atoms with E-state index >= 15 is 0 Å². The molecule has 0 aromatic carbocycles. The number of pyridine rings is 1. The Morgan fingerprint density at radius 1 is 1.47 bits per heavy atom. The topological polar surface area (TPSA) is 103 Å². The van der Waals surface area contributed by atoms with Crippen LogP contribution in [0.4, 0.5) is 0 Å². The second-order valence-corrected chi connectivity index (χ2v) is 10.8. The molecule has 1 aliphatic heterocycles. The Morgan fingerprint density at radius 2 is 2.27 bits per heavy atom. The number of nitrogens with zero attached hydrogens (tertiary/aromatic N) is 3. The van der Waals surface area contributed by atoms with Crippen LogP contribution in [0.3, 0.4) is 0 Å². The minimum atomic E-state index is -3.08. The smallest absolute Gasteiger partial charge is 0.252 e. The molecule has 0 bridgehead atoms. The van der Waals surface area contributed by atoms with E-state index in [0.717, 1.165) is 4.88 Å². The van der Waals surface area contributed by atoms with Crippen LogP contribution in [-0.2, 0) is 14.6 Å². The van der Waals surface area contributed by atoms with E-state index in [9.17, 15) is 13.2 Å². The number of fused-ring (bicyclic) bond motifs is 1. The van der Waals surface area contributed by atoms with Crippen LogP contribution in [0.1, 0.15) is 35.4 Å². The predicted molar refractivity (Wildman–Crippen MR) is 117 cm³/mol. The average Bonchev–Trinajstić information content (AvgIpc) is 3.40. The number of sulfone groups is 1.